The highest BCUT2D eigenvalue weighted by Crippen LogP contribution is 2.13. The van der Waals surface area contributed by atoms with E-state index in [9.17, 15) is 9.59 Å². The number of hydrogen-bond acceptors (Lipinski definition) is 3. The Bertz CT molecular complexity index is 496. The second-order valence-electron chi connectivity index (χ2n) is 5.94. The van der Waals surface area contributed by atoms with Crippen molar-refractivity contribution in [3.05, 3.63) is 35.9 Å². The van der Waals surface area contributed by atoms with Gasteiger partial charge in [0.25, 0.3) is 0 Å². The van der Waals surface area contributed by atoms with Crippen LogP contribution in [-0.2, 0) is 16.0 Å². The molecule has 1 atom stereocenters. The van der Waals surface area contributed by atoms with E-state index in [4.69, 9.17) is 5.73 Å². The lowest BCUT2D eigenvalue weighted by molar-refractivity contribution is -0.124. The van der Waals surface area contributed by atoms with Crippen LogP contribution in [-0.4, -0.2) is 41.9 Å². The fourth-order valence-corrected chi connectivity index (χ4v) is 2.81. The molecule has 1 aromatic rings. The Morgan fingerprint density at radius 3 is 2.50 bits per heavy atom. The summed E-state index contributed by atoms with van der Waals surface area (Å²) in [7, 11) is 0. The number of piperidine rings is 1. The highest BCUT2D eigenvalue weighted by atomic mass is 16.2. The van der Waals surface area contributed by atoms with Gasteiger partial charge in [-0.05, 0) is 31.7 Å². The number of likely N-dealkylation sites (tertiary alicyclic amines) is 1. The van der Waals surface area contributed by atoms with Crippen molar-refractivity contribution < 1.29 is 9.59 Å². The highest BCUT2D eigenvalue weighted by molar-refractivity contribution is 5.79. The van der Waals surface area contributed by atoms with E-state index in [2.05, 4.69) is 10.2 Å². The third-order valence-corrected chi connectivity index (χ3v) is 4.34. The minimum Gasteiger partial charge on any atom is -0.368 e. The largest absolute Gasteiger partial charge is 0.368 e. The molecule has 5 nitrogen and oxygen atoms in total. The zero-order chi connectivity index (χ0) is 15.9. The Morgan fingerprint density at radius 1 is 1.27 bits per heavy atom. The van der Waals surface area contributed by atoms with Crippen molar-refractivity contribution in [2.75, 3.05) is 13.1 Å². The van der Waals surface area contributed by atoms with Crippen LogP contribution in [0.1, 0.15) is 31.7 Å². The monoisotopic (exact) mass is 303 g/mol. The molecule has 1 fully saturated rings. The number of amides is 2. The molecule has 0 radical (unpaired) electrons. The summed E-state index contributed by atoms with van der Waals surface area (Å²) in [6.45, 7) is 3.43. The average molecular weight is 303 g/mol. The first kappa shape index (κ1) is 16.5. The van der Waals surface area contributed by atoms with Gasteiger partial charge in [-0.25, -0.2) is 0 Å². The van der Waals surface area contributed by atoms with Gasteiger partial charge in [-0.2, -0.15) is 0 Å². The summed E-state index contributed by atoms with van der Waals surface area (Å²) >= 11 is 0. The molecular weight excluding hydrogens is 278 g/mol. The average Bonchev–Trinajstić information content (AvgIpc) is 2.54. The van der Waals surface area contributed by atoms with Crippen molar-refractivity contribution in [1.29, 1.82) is 0 Å². The molecule has 0 spiro atoms. The molecule has 1 aliphatic rings. The van der Waals surface area contributed by atoms with Crippen LogP contribution in [0.15, 0.2) is 30.3 Å². The molecule has 0 aromatic heterocycles. The smallest absolute Gasteiger partial charge is 0.234 e. The van der Waals surface area contributed by atoms with Gasteiger partial charge in [0.2, 0.25) is 11.8 Å². The third kappa shape index (κ3) is 4.84. The van der Waals surface area contributed by atoms with E-state index in [1.54, 1.807) is 0 Å². The second-order valence-corrected chi connectivity index (χ2v) is 5.94. The summed E-state index contributed by atoms with van der Waals surface area (Å²) < 4.78 is 0. The number of carbonyl (C=O) groups is 2. The number of nitrogens with zero attached hydrogens (tertiary/aromatic N) is 1. The van der Waals surface area contributed by atoms with Gasteiger partial charge < -0.3 is 11.1 Å². The van der Waals surface area contributed by atoms with Crippen molar-refractivity contribution in [1.82, 2.24) is 10.2 Å². The maximum Gasteiger partial charge on any atom is 0.234 e. The summed E-state index contributed by atoms with van der Waals surface area (Å²) in [5.41, 5.74) is 6.51. The molecule has 0 bridgehead atoms. The molecule has 0 saturated carbocycles. The quantitative estimate of drug-likeness (QED) is 0.825. The number of nitrogens with one attached hydrogen (secondary N) is 1. The second kappa shape index (κ2) is 7.94. The van der Waals surface area contributed by atoms with Crippen molar-refractivity contribution in [2.24, 2.45) is 5.73 Å². The predicted octanol–water partition coefficient (Wildman–Crippen LogP) is 1.07. The first-order chi connectivity index (χ1) is 10.6. The fraction of sp³-hybridized carbons (Fsp3) is 0.529. The van der Waals surface area contributed by atoms with E-state index in [1.807, 2.05) is 37.3 Å². The number of benzene rings is 1. The van der Waals surface area contributed by atoms with Gasteiger partial charge in [0.05, 0.1) is 6.04 Å². The Morgan fingerprint density at radius 2 is 1.91 bits per heavy atom. The van der Waals surface area contributed by atoms with Crippen LogP contribution in [0.2, 0.25) is 0 Å². The zero-order valence-corrected chi connectivity index (χ0v) is 13.1. The summed E-state index contributed by atoms with van der Waals surface area (Å²) in [4.78, 5) is 25.3. The topological polar surface area (TPSA) is 75.4 Å². The Balaban J connectivity index is 1.69. The van der Waals surface area contributed by atoms with Crippen LogP contribution in [0.4, 0.5) is 0 Å². The summed E-state index contributed by atoms with van der Waals surface area (Å²) in [6, 6.07) is 10.0. The Kier molecular flexibility index (Phi) is 5.95. The summed E-state index contributed by atoms with van der Waals surface area (Å²) in [5, 5.41) is 3.10. The summed E-state index contributed by atoms with van der Waals surface area (Å²) in [5.74, 6) is -0.185. The van der Waals surface area contributed by atoms with Gasteiger partial charge in [-0.1, -0.05) is 30.3 Å². The van der Waals surface area contributed by atoms with E-state index >= 15 is 0 Å². The molecular formula is C17H25N3O2. The molecule has 2 rings (SSSR count). The first-order valence-electron chi connectivity index (χ1n) is 7.93. The lowest BCUT2D eigenvalue weighted by Gasteiger charge is -2.34. The minimum atomic E-state index is -0.287. The normalized spacial score (nSPS) is 17.9. The standard InChI is InChI=1S/C17H25N3O2/c1-13(17(18)22)20-11-9-15(10-12-20)19-16(21)8-7-14-5-3-2-4-6-14/h2-6,13,15H,7-12H2,1H3,(H2,18,22)(H,19,21)/t13-/m1/s1. The molecule has 1 aliphatic heterocycles. The molecule has 1 aromatic carbocycles. The maximum absolute atomic E-state index is 12.0. The lowest BCUT2D eigenvalue weighted by Crippen LogP contribution is -2.50. The van der Waals surface area contributed by atoms with Gasteiger partial charge in [0.15, 0.2) is 0 Å². The molecule has 22 heavy (non-hydrogen) atoms. The third-order valence-electron chi connectivity index (χ3n) is 4.34. The number of nitrogens with two attached hydrogens (primary N) is 1. The Hall–Kier alpha value is -1.88. The van der Waals surface area contributed by atoms with E-state index < -0.39 is 0 Å². The van der Waals surface area contributed by atoms with Gasteiger partial charge >= 0.3 is 0 Å². The van der Waals surface area contributed by atoms with Crippen LogP contribution in [0.25, 0.3) is 0 Å². The molecule has 120 valence electrons. The predicted molar refractivity (Wildman–Crippen MR) is 86.2 cm³/mol. The fourth-order valence-electron chi connectivity index (χ4n) is 2.81. The highest BCUT2D eigenvalue weighted by Gasteiger charge is 2.25. The molecule has 2 amide bonds. The molecule has 5 heteroatoms. The van der Waals surface area contributed by atoms with Gasteiger partial charge in [0, 0.05) is 25.6 Å². The van der Waals surface area contributed by atoms with Crippen molar-refractivity contribution >= 4 is 11.8 Å². The van der Waals surface area contributed by atoms with Gasteiger partial charge in [0.1, 0.15) is 0 Å². The van der Waals surface area contributed by atoms with Crippen molar-refractivity contribution in [3.63, 3.8) is 0 Å². The van der Waals surface area contributed by atoms with Crippen molar-refractivity contribution in [2.45, 2.75) is 44.7 Å². The number of carbonyl (C=O) groups excluding carboxylic acids is 2. The van der Waals surface area contributed by atoms with E-state index in [0.29, 0.717) is 6.42 Å². The van der Waals surface area contributed by atoms with Crippen LogP contribution < -0.4 is 11.1 Å². The minimum absolute atomic E-state index is 0.102. The molecule has 3 N–H and O–H groups in total. The van der Waals surface area contributed by atoms with Gasteiger partial charge in [-0.15, -0.1) is 0 Å². The SMILES string of the molecule is C[C@H](C(N)=O)N1CCC(NC(=O)CCc2ccccc2)CC1. The van der Waals surface area contributed by atoms with Crippen LogP contribution in [0, 0.1) is 0 Å². The number of aryl methyl sites for hydroxylation is 1. The summed E-state index contributed by atoms with van der Waals surface area (Å²) in [6.07, 6.45) is 3.02. The maximum atomic E-state index is 12.0. The van der Waals surface area contributed by atoms with E-state index in [-0.39, 0.29) is 23.9 Å². The Labute approximate surface area is 131 Å². The van der Waals surface area contributed by atoms with E-state index in [1.165, 1.54) is 5.56 Å². The van der Waals surface area contributed by atoms with Gasteiger partial charge in [-0.3, -0.25) is 14.5 Å². The number of rotatable bonds is 6. The van der Waals surface area contributed by atoms with Crippen LogP contribution in [0.5, 0.6) is 0 Å². The van der Waals surface area contributed by atoms with Crippen LogP contribution in [0.3, 0.4) is 0 Å². The van der Waals surface area contributed by atoms with Crippen LogP contribution >= 0.6 is 0 Å². The first-order valence-corrected chi connectivity index (χ1v) is 7.93. The lowest BCUT2D eigenvalue weighted by atomic mass is 10.0. The van der Waals surface area contributed by atoms with Crippen molar-refractivity contribution in [3.8, 4) is 0 Å². The molecule has 0 aliphatic carbocycles. The number of hydrogen-bond donors (Lipinski definition) is 2. The molecule has 1 saturated heterocycles. The molecule has 0 unspecified atom stereocenters. The van der Waals surface area contributed by atoms with E-state index in [0.717, 1.165) is 32.4 Å². The number of primary amides is 1. The molecule has 1 heterocycles. The zero-order valence-electron chi connectivity index (χ0n) is 13.1.